The Morgan fingerprint density at radius 1 is 1.17 bits per heavy atom. The highest BCUT2D eigenvalue weighted by Gasteiger charge is 2.18. The van der Waals surface area contributed by atoms with E-state index < -0.39 is 28.9 Å². The molecule has 8 heteroatoms. The van der Waals surface area contributed by atoms with Crippen LogP contribution >= 0.6 is 0 Å². The zero-order chi connectivity index (χ0) is 21.4. The fourth-order valence-electron chi connectivity index (χ4n) is 3.28. The fraction of sp³-hybridized carbons (Fsp3) is 0.136. The highest BCUT2D eigenvalue weighted by atomic mass is 19.1. The monoisotopic (exact) mass is 409 g/mol. The summed E-state index contributed by atoms with van der Waals surface area (Å²) in [6.45, 7) is 1.99. The van der Waals surface area contributed by atoms with E-state index in [1.165, 1.54) is 16.8 Å². The number of rotatable bonds is 4. The number of benzene rings is 2. The van der Waals surface area contributed by atoms with Gasteiger partial charge in [0.2, 0.25) is 0 Å². The van der Waals surface area contributed by atoms with E-state index in [2.05, 4.69) is 10.3 Å². The van der Waals surface area contributed by atoms with E-state index in [1.54, 1.807) is 25.2 Å². The van der Waals surface area contributed by atoms with Crippen molar-refractivity contribution in [3.8, 4) is 11.3 Å². The third kappa shape index (κ3) is 3.36. The maximum Gasteiger partial charge on any atom is 0.419 e. The molecule has 0 atom stereocenters. The summed E-state index contributed by atoms with van der Waals surface area (Å²) in [6, 6.07) is 10.1. The molecular weight excluding hydrogens is 392 g/mol. The Morgan fingerprint density at radius 2 is 1.90 bits per heavy atom. The Morgan fingerprint density at radius 3 is 2.53 bits per heavy atom. The van der Waals surface area contributed by atoms with E-state index in [0.29, 0.717) is 23.2 Å². The minimum absolute atomic E-state index is 0.289. The van der Waals surface area contributed by atoms with Gasteiger partial charge in [0, 0.05) is 12.6 Å². The van der Waals surface area contributed by atoms with E-state index >= 15 is 0 Å². The van der Waals surface area contributed by atoms with Crippen molar-refractivity contribution in [2.24, 2.45) is 7.05 Å². The molecule has 1 amide bonds. The maximum absolute atomic E-state index is 13.8. The van der Waals surface area contributed by atoms with E-state index in [0.717, 1.165) is 23.3 Å². The number of anilines is 1. The summed E-state index contributed by atoms with van der Waals surface area (Å²) in [5.74, 6) is -3.23. The summed E-state index contributed by atoms with van der Waals surface area (Å²) in [5, 5.41) is 2.44. The first-order valence-electron chi connectivity index (χ1n) is 9.23. The number of halogens is 2. The van der Waals surface area contributed by atoms with E-state index in [1.807, 2.05) is 13.0 Å². The molecule has 2 aromatic carbocycles. The fourth-order valence-corrected chi connectivity index (χ4v) is 3.28. The molecule has 1 N–H and O–H groups in total. The van der Waals surface area contributed by atoms with E-state index in [-0.39, 0.29) is 5.69 Å². The van der Waals surface area contributed by atoms with Gasteiger partial charge in [-0.15, -0.1) is 0 Å². The number of aryl methyl sites for hydroxylation is 2. The predicted octanol–water partition coefficient (Wildman–Crippen LogP) is 4.29. The number of hydrogen-bond donors (Lipinski definition) is 1. The van der Waals surface area contributed by atoms with Gasteiger partial charge < -0.3 is 9.73 Å². The topological polar surface area (TPSA) is 77.1 Å². The Kier molecular flexibility index (Phi) is 4.91. The van der Waals surface area contributed by atoms with E-state index in [9.17, 15) is 18.4 Å². The number of nitrogens with zero attached hydrogens (tertiary/aromatic N) is 2. The smallest absolute Gasteiger partial charge is 0.408 e. The number of carbonyl (C=O) groups excluding carboxylic acids is 1. The average Bonchev–Trinajstić information content (AvgIpc) is 3.00. The second kappa shape index (κ2) is 7.55. The first kappa shape index (κ1) is 19.5. The van der Waals surface area contributed by atoms with Crippen molar-refractivity contribution < 1.29 is 18.0 Å². The van der Waals surface area contributed by atoms with Crippen molar-refractivity contribution in [2.75, 3.05) is 5.32 Å². The van der Waals surface area contributed by atoms with Crippen molar-refractivity contribution >= 4 is 22.7 Å². The van der Waals surface area contributed by atoms with Crippen LogP contribution in [0.3, 0.4) is 0 Å². The second-order valence-electron chi connectivity index (χ2n) is 6.74. The lowest BCUT2D eigenvalue weighted by molar-refractivity contribution is 0.101. The molecule has 30 heavy (non-hydrogen) atoms. The molecule has 0 fully saturated rings. The summed E-state index contributed by atoms with van der Waals surface area (Å²) in [6.07, 6.45) is 2.11. The number of amides is 1. The van der Waals surface area contributed by atoms with Crippen molar-refractivity contribution in [3.05, 3.63) is 82.0 Å². The SMILES string of the molecule is CCc1cc2c(cc1-c1ccc(NC(=O)c3c(F)cccc3F)cn1)oc(=O)n2C. The minimum atomic E-state index is -0.942. The van der Waals surface area contributed by atoms with Crippen LogP contribution in [0.2, 0.25) is 0 Å². The lowest BCUT2D eigenvalue weighted by Gasteiger charge is -2.10. The Balaban J connectivity index is 1.65. The van der Waals surface area contributed by atoms with Gasteiger partial charge in [0.15, 0.2) is 5.58 Å². The Bertz CT molecular complexity index is 1300. The number of hydrogen-bond acceptors (Lipinski definition) is 4. The van der Waals surface area contributed by atoms with Crippen molar-refractivity contribution in [1.29, 1.82) is 0 Å². The summed E-state index contributed by atoms with van der Waals surface area (Å²) in [5.41, 5.74) is 3.14. The number of pyridine rings is 1. The molecule has 2 heterocycles. The highest BCUT2D eigenvalue weighted by molar-refractivity contribution is 6.04. The number of nitrogens with one attached hydrogen (secondary N) is 1. The summed E-state index contributed by atoms with van der Waals surface area (Å²) in [4.78, 5) is 28.4. The minimum Gasteiger partial charge on any atom is -0.408 e. The van der Waals surface area contributed by atoms with Gasteiger partial charge in [-0.1, -0.05) is 13.0 Å². The third-order valence-electron chi connectivity index (χ3n) is 4.89. The molecule has 4 aromatic rings. The molecule has 4 rings (SSSR count). The lowest BCUT2D eigenvalue weighted by atomic mass is 10.0. The van der Waals surface area contributed by atoms with Gasteiger partial charge in [-0.25, -0.2) is 13.6 Å². The first-order chi connectivity index (χ1) is 14.4. The molecule has 0 aliphatic carbocycles. The number of carbonyl (C=O) groups is 1. The molecule has 152 valence electrons. The van der Waals surface area contributed by atoms with Crippen LogP contribution in [0.1, 0.15) is 22.8 Å². The molecule has 6 nitrogen and oxygen atoms in total. The molecule has 0 bridgehead atoms. The van der Waals surface area contributed by atoms with Crippen LogP contribution in [0.4, 0.5) is 14.5 Å². The van der Waals surface area contributed by atoms with Gasteiger partial charge in [0.05, 0.1) is 23.1 Å². The normalized spacial score (nSPS) is 11.1. The van der Waals surface area contributed by atoms with Gasteiger partial charge >= 0.3 is 5.76 Å². The molecule has 0 unspecified atom stereocenters. The molecule has 0 spiro atoms. The zero-order valence-corrected chi connectivity index (χ0v) is 16.2. The molecule has 2 aromatic heterocycles. The predicted molar refractivity (Wildman–Crippen MR) is 108 cm³/mol. The maximum atomic E-state index is 13.8. The van der Waals surface area contributed by atoms with Gasteiger partial charge in [-0.05, 0) is 48.4 Å². The zero-order valence-electron chi connectivity index (χ0n) is 16.2. The van der Waals surface area contributed by atoms with Crippen LogP contribution in [0.5, 0.6) is 0 Å². The Labute approximate surface area is 169 Å². The van der Waals surface area contributed by atoms with Crippen LogP contribution in [0.15, 0.2) is 57.9 Å². The van der Waals surface area contributed by atoms with Crippen LogP contribution < -0.4 is 11.1 Å². The van der Waals surface area contributed by atoms with Gasteiger partial charge in [0.25, 0.3) is 5.91 Å². The third-order valence-corrected chi connectivity index (χ3v) is 4.89. The molecule has 0 aliphatic heterocycles. The molecule has 0 saturated carbocycles. The molecular formula is C22H17F2N3O3. The average molecular weight is 409 g/mol. The lowest BCUT2D eigenvalue weighted by Crippen LogP contribution is -2.15. The largest absolute Gasteiger partial charge is 0.419 e. The summed E-state index contributed by atoms with van der Waals surface area (Å²) in [7, 11) is 1.64. The molecule has 0 radical (unpaired) electrons. The van der Waals surface area contributed by atoms with Gasteiger partial charge in [-0.2, -0.15) is 0 Å². The van der Waals surface area contributed by atoms with Crippen LogP contribution in [-0.4, -0.2) is 15.5 Å². The highest BCUT2D eigenvalue weighted by Crippen LogP contribution is 2.28. The second-order valence-corrected chi connectivity index (χ2v) is 6.74. The number of oxazole rings is 1. The number of aromatic nitrogens is 2. The molecule has 0 saturated heterocycles. The summed E-state index contributed by atoms with van der Waals surface area (Å²) >= 11 is 0. The van der Waals surface area contributed by atoms with Crippen molar-refractivity contribution in [3.63, 3.8) is 0 Å². The molecule has 0 aliphatic rings. The van der Waals surface area contributed by atoms with Crippen LogP contribution in [0.25, 0.3) is 22.4 Å². The first-order valence-corrected chi connectivity index (χ1v) is 9.23. The van der Waals surface area contributed by atoms with Gasteiger partial charge in [-0.3, -0.25) is 14.3 Å². The van der Waals surface area contributed by atoms with Crippen LogP contribution in [-0.2, 0) is 13.5 Å². The van der Waals surface area contributed by atoms with E-state index in [4.69, 9.17) is 4.42 Å². The number of fused-ring (bicyclic) bond motifs is 1. The quantitative estimate of drug-likeness (QED) is 0.546. The van der Waals surface area contributed by atoms with Crippen molar-refractivity contribution in [2.45, 2.75) is 13.3 Å². The summed E-state index contributed by atoms with van der Waals surface area (Å²) < 4.78 is 34.3. The standard InChI is InChI=1S/C22H17F2N3O3/c1-3-12-9-18-19(30-22(29)27(18)2)10-14(12)17-8-7-13(11-25-17)26-21(28)20-15(23)5-4-6-16(20)24/h4-11H,3H2,1-2H3,(H,26,28). The Hall–Kier alpha value is -3.81. The van der Waals surface area contributed by atoms with Gasteiger partial charge in [0.1, 0.15) is 17.2 Å². The van der Waals surface area contributed by atoms with Crippen molar-refractivity contribution in [1.82, 2.24) is 9.55 Å². The van der Waals surface area contributed by atoms with Crippen LogP contribution in [0, 0.1) is 11.6 Å².